The van der Waals surface area contributed by atoms with Crippen molar-refractivity contribution in [2.24, 2.45) is 0 Å². The summed E-state index contributed by atoms with van der Waals surface area (Å²) in [6.07, 6.45) is 1.61. The molecule has 1 amide bonds. The van der Waals surface area contributed by atoms with E-state index >= 15 is 0 Å². The van der Waals surface area contributed by atoms with Gasteiger partial charge in [0.2, 0.25) is 6.79 Å². The van der Waals surface area contributed by atoms with Crippen LogP contribution in [-0.2, 0) is 13.1 Å². The maximum atomic E-state index is 12.8. The number of hydrogen-bond donors (Lipinski definition) is 1. The SMILES string of the molecule is O=C(c1ccc2c(c1)OCO2)N1Cc2[nH]nc(-c3ccco3)c2C1. The monoisotopic (exact) mass is 323 g/mol. The molecule has 4 heterocycles. The van der Waals surface area contributed by atoms with Crippen molar-refractivity contribution in [1.82, 2.24) is 15.1 Å². The van der Waals surface area contributed by atoms with E-state index in [1.807, 2.05) is 12.1 Å². The molecule has 3 aromatic rings. The number of carbonyl (C=O) groups excluding carboxylic acids is 1. The van der Waals surface area contributed by atoms with Gasteiger partial charge in [-0.15, -0.1) is 0 Å². The van der Waals surface area contributed by atoms with Crippen molar-refractivity contribution >= 4 is 5.91 Å². The Morgan fingerprint density at radius 3 is 2.96 bits per heavy atom. The van der Waals surface area contributed by atoms with Crippen molar-refractivity contribution in [1.29, 1.82) is 0 Å². The average molecular weight is 323 g/mol. The van der Waals surface area contributed by atoms with Gasteiger partial charge in [0.25, 0.3) is 5.91 Å². The first-order chi connectivity index (χ1) is 11.8. The van der Waals surface area contributed by atoms with Gasteiger partial charge in [-0.25, -0.2) is 0 Å². The van der Waals surface area contributed by atoms with Crippen LogP contribution in [0.15, 0.2) is 41.0 Å². The number of furan rings is 1. The lowest BCUT2D eigenvalue weighted by Gasteiger charge is -2.16. The van der Waals surface area contributed by atoms with Gasteiger partial charge in [0.1, 0.15) is 5.69 Å². The molecular weight excluding hydrogens is 310 g/mol. The molecule has 7 nitrogen and oxygen atoms in total. The number of aromatic amines is 1. The number of nitrogens with one attached hydrogen (secondary N) is 1. The topological polar surface area (TPSA) is 80.6 Å². The standard InChI is InChI=1S/C17H13N3O4/c21-17(10-3-4-13-15(6-10)24-9-23-13)20-7-11-12(8-20)18-19-16(11)14-2-1-5-22-14/h1-6H,7-9H2,(H,18,19). The smallest absolute Gasteiger partial charge is 0.254 e. The first kappa shape index (κ1) is 13.2. The number of fused-ring (bicyclic) bond motifs is 2. The van der Waals surface area contributed by atoms with Crippen LogP contribution in [0.4, 0.5) is 0 Å². The van der Waals surface area contributed by atoms with E-state index in [2.05, 4.69) is 10.2 Å². The van der Waals surface area contributed by atoms with Crippen LogP contribution >= 0.6 is 0 Å². The molecule has 0 fully saturated rings. The molecule has 5 rings (SSSR count). The summed E-state index contributed by atoms with van der Waals surface area (Å²) in [6, 6.07) is 8.93. The van der Waals surface area contributed by atoms with Gasteiger partial charge in [-0.2, -0.15) is 5.10 Å². The maximum Gasteiger partial charge on any atom is 0.254 e. The van der Waals surface area contributed by atoms with Gasteiger partial charge < -0.3 is 18.8 Å². The van der Waals surface area contributed by atoms with E-state index < -0.39 is 0 Å². The lowest BCUT2D eigenvalue weighted by Crippen LogP contribution is -2.25. The molecular formula is C17H13N3O4. The van der Waals surface area contributed by atoms with Gasteiger partial charge in [-0.1, -0.05) is 0 Å². The highest BCUT2D eigenvalue weighted by Gasteiger charge is 2.30. The second-order valence-electron chi connectivity index (χ2n) is 5.74. The van der Waals surface area contributed by atoms with Crippen molar-refractivity contribution in [3.8, 4) is 23.0 Å². The van der Waals surface area contributed by atoms with E-state index in [1.165, 1.54) is 0 Å². The first-order valence-corrected chi connectivity index (χ1v) is 7.58. The normalized spacial score (nSPS) is 14.9. The van der Waals surface area contributed by atoms with Crippen molar-refractivity contribution in [2.45, 2.75) is 13.1 Å². The van der Waals surface area contributed by atoms with Gasteiger partial charge in [-0.05, 0) is 30.3 Å². The highest BCUT2D eigenvalue weighted by molar-refractivity contribution is 5.95. The molecule has 0 atom stereocenters. The molecule has 1 N–H and O–H groups in total. The molecule has 2 aliphatic heterocycles. The van der Waals surface area contributed by atoms with Crippen LogP contribution in [0.5, 0.6) is 11.5 Å². The van der Waals surface area contributed by atoms with Gasteiger partial charge in [0.05, 0.1) is 25.0 Å². The fourth-order valence-corrected chi connectivity index (χ4v) is 3.11. The zero-order chi connectivity index (χ0) is 16.1. The fourth-order valence-electron chi connectivity index (χ4n) is 3.11. The van der Waals surface area contributed by atoms with E-state index in [4.69, 9.17) is 13.9 Å². The minimum Gasteiger partial charge on any atom is -0.463 e. The zero-order valence-corrected chi connectivity index (χ0v) is 12.6. The van der Waals surface area contributed by atoms with Crippen LogP contribution in [0.2, 0.25) is 0 Å². The van der Waals surface area contributed by atoms with Crippen LogP contribution in [0, 0.1) is 0 Å². The summed E-state index contributed by atoms with van der Waals surface area (Å²) in [7, 11) is 0. The molecule has 0 bridgehead atoms. The fraction of sp³-hybridized carbons (Fsp3) is 0.176. The van der Waals surface area contributed by atoms with Crippen LogP contribution < -0.4 is 9.47 Å². The van der Waals surface area contributed by atoms with Crippen molar-refractivity contribution in [3.63, 3.8) is 0 Å². The molecule has 0 saturated heterocycles. The lowest BCUT2D eigenvalue weighted by molar-refractivity contribution is 0.0749. The van der Waals surface area contributed by atoms with Crippen LogP contribution in [0.25, 0.3) is 11.5 Å². The number of carbonyl (C=O) groups is 1. The second-order valence-corrected chi connectivity index (χ2v) is 5.74. The lowest BCUT2D eigenvalue weighted by atomic mass is 10.1. The molecule has 7 heteroatoms. The van der Waals surface area contributed by atoms with E-state index in [9.17, 15) is 4.79 Å². The number of rotatable bonds is 2. The molecule has 0 spiro atoms. The molecule has 0 aliphatic carbocycles. The van der Waals surface area contributed by atoms with Crippen LogP contribution in [0.3, 0.4) is 0 Å². The quantitative estimate of drug-likeness (QED) is 0.784. The number of nitrogens with zero attached hydrogens (tertiary/aromatic N) is 2. The van der Waals surface area contributed by atoms with Gasteiger partial charge in [-0.3, -0.25) is 9.89 Å². The Kier molecular flexibility index (Phi) is 2.70. The zero-order valence-electron chi connectivity index (χ0n) is 12.6. The number of benzene rings is 1. The molecule has 120 valence electrons. The third kappa shape index (κ3) is 1.91. The predicted octanol–water partition coefficient (Wildman–Crippen LogP) is 2.55. The summed E-state index contributed by atoms with van der Waals surface area (Å²) in [5.41, 5.74) is 3.28. The molecule has 2 aromatic heterocycles. The van der Waals surface area contributed by atoms with Crippen LogP contribution in [-0.4, -0.2) is 27.8 Å². The van der Waals surface area contributed by atoms with E-state index in [1.54, 1.807) is 29.4 Å². The maximum absolute atomic E-state index is 12.8. The van der Waals surface area contributed by atoms with E-state index in [0.29, 0.717) is 35.9 Å². The highest BCUT2D eigenvalue weighted by atomic mass is 16.7. The molecule has 1 aromatic carbocycles. The predicted molar refractivity (Wildman–Crippen MR) is 82.4 cm³/mol. The Morgan fingerprint density at radius 1 is 1.17 bits per heavy atom. The summed E-state index contributed by atoms with van der Waals surface area (Å²) in [5.74, 6) is 1.92. The Morgan fingerprint density at radius 2 is 2.08 bits per heavy atom. The van der Waals surface area contributed by atoms with Gasteiger partial charge >= 0.3 is 0 Å². The van der Waals surface area contributed by atoms with Gasteiger partial charge in [0, 0.05) is 11.1 Å². The van der Waals surface area contributed by atoms with Crippen molar-refractivity contribution in [3.05, 3.63) is 53.4 Å². The molecule has 2 aliphatic rings. The number of aromatic nitrogens is 2. The summed E-state index contributed by atoms with van der Waals surface area (Å²) >= 11 is 0. The third-order valence-electron chi connectivity index (χ3n) is 4.31. The van der Waals surface area contributed by atoms with E-state index in [-0.39, 0.29) is 12.7 Å². The average Bonchev–Trinajstić information content (AvgIpc) is 3.34. The van der Waals surface area contributed by atoms with Crippen molar-refractivity contribution in [2.75, 3.05) is 6.79 Å². The number of ether oxygens (including phenoxy) is 2. The number of amides is 1. The Labute approximate surface area is 136 Å². The summed E-state index contributed by atoms with van der Waals surface area (Å²) in [4.78, 5) is 14.6. The minimum atomic E-state index is -0.0525. The Balaban J connectivity index is 1.42. The van der Waals surface area contributed by atoms with Crippen molar-refractivity contribution < 1.29 is 18.7 Å². The molecule has 0 saturated carbocycles. The Bertz CT molecular complexity index is 929. The van der Waals surface area contributed by atoms with Crippen LogP contribution in [0.1, 0.15) is 21.6 Å². The third-order valence-corrected chi connectivity index (χ3v) is 4.31. The summed E-state index contributed by atoms with van der Waals surface area (Å²) < 4.78 is 16.0. The molecule has 0 radical (unpaired) electrons. The number of H-pyrrole nitrogens is 1. The summed E-state index contributed by atoms with van der Waals surface area (Å²) in [6.45, 7) is 1.19. The largest absolute Gasteiger partial charge is 0.463 e. The van der Waals surface area contributed by atoms with E-state index in [0.717, 1.165) is 17.0 Å². The molecule has 0 unspecified atom stereocenters. The first-order valence-electron chi connectivity index (χ1n) is 7.58. The summed E-state index contributed by atoms with van der Waals surface area (Å²) in [5, 5.41) is 7.30. The number of hydrogen-bond acceptors (Lipinski definition) is 5. The highest BCUT2D eigenvalue weighted by Crippen LogP contribution is 2.35. The van der Waals surface area contributed by atoms with Gasteiger partial charge in [0.15, 0.2) is 17.3 Å². The Hall–Kier alpha value is -3.22. The molecule has 24 heavy (non-hydrogen) atoms. The minimum absolute atomic E-state index is 0.0525. The second kappa shape index (κ2) is 4.89.